The zero-order valence-electron chi connectivity index (χ0n) is 14.6. The lowest BCUT2D eigenvalue weighted by Crippen LogP contribution is -2.44. The van der Waals surface area contributed by atoms with E-state index in [1.165, 1.54) is 32.1 Å². The quantitative estimate of drug-likeness (QED) is 0.839. The van der Waals surface area contributed by atoms with Crippen molar-refractivity contribution in [3.05, 3.63) is 0 Å². The molecular formula is C18H34N2O. The molecule has 2 fully saturated rings. The van der Waals surface area contributed by atoms with Gasteiger partial charge in [-0.3, -0.25) is 10.1 Å². The Kier molecular flexibility index (Phi) is 5.70. The molecule has 1 N–H and O–H groups in total. The highest BCUT2D eigenvalue weighted by atomic mass is 16.2. The Balaban J connectivity index is 1.98. The van der Waals surface area contributed by atoms with Gasteiger partial charge in [-0.25, -0.2) is 0 Å². The molecule has 0 aromatic carbocycles. The number of nitrogens with zero attached hydrogens (tertiary/aromatic N) is 1. The fraction of sp³-hybridized carbons (Fsp3) is 0.944. The van der Waals surface area contributed by atoms with Gasteiger partial charge >= 0.3 is 0 Å². The molecule has 122 valence electrons. The zero-order valence-corrected chi connectivity index (χ0v) is 14.6. The molecule has 2 atom stereocenters. The standard InChI is InChI=1S/C18H34N2O/c1-6-14-7-9-15(10-8-14)11-20-17(13(4)5)19-16(12(2)3)18(20)21/h12-17,19H,6-11H2,1-5H3. The van der Waals surface area contributed by atoms with Gasteiger partial charge in [-0.05, 0) is 36.5 Å². The van der Waals surface area contributed by atoms with E-state index >= 15 is 0 Å². The molecule has 1 heterocycles. The Hall–Kier alpha value is -0.570. The first-order chi connectivity index (χ1) is 9.93. The highest BCUT2D eigenvalue weighted by molar-refractivity contribution is 5.84. The number of rotatable bonds is 5. The van der Waals surface area contributed by atoms with Crippen LogP contribution in [0.5, 0.6) is 0 Å². The Morgan fingerprint density at radius 3 is 2.10 bits per heavy atom. The van der Waals surface area contributed by atoms with E-state index in [4.69, 9.17) is 0 Å². The summed E-state index contributed by atoms with van der Waals surface area (Å²) in [7, 11) is 0. The van der Waals surface area contributed by atoms with Gasteiger partial charge in [-0.15, -0.1) is 0 Å². The van der Waals surface area contributed by atoms with Crippen molar-refractivity contribution < 1.29 is 4.79 Å². The van der Waals surface area contributed by atoms with Crippen LogP contribution < -0.4 is 5.32 Å². The van der Waals surface area contributed by atoms with Crippen molar-refractivity contribution in [3.63, 3.8) is 0 Å². The fourth-order valence-corrected chi connectivity index (χ4v) is 3.99. The van der Waals surface area contributed by atoms with Crippen molar-refractivity contribution in [3.8, 4) is 0 Å². The molecule has 0 bridgehead atoms. The van der Waals surface area contributed by atoms with Crippen LogP contribution >= 0.6 is 0 Å². The summed E-state index contributed by atoms with van der Waals surface area (Å²) in [5.74, 6) is 2.83. The first-order valence-corrected chi connectivity index (χ1v) is 9.00. The van der Waals surface area contributed by atoms with Crippen LogP contribution in [0.3, 0.4) is 0 Å². The van der Waals surface area contributed by atoms with E-state index in [9.17, 15) is 4.79 Å². The van der Waals surface area contributed by atoms with Crippen molar-refractivity contribution >= 4 is 5.91 Å². The normalized spacial score (nSPS) is 34.2. The van der Waals surface area contributed by atoms with Crippen LogP contribution in [-0.4, -0.2) is 29.6 Å². The molecule has 1 aliphatic carbocycles. The Labute approximate surface area is 130 Å². The maximum atomic E-state index is 12.7. The van der Waals surface area contributed by atoms with E-state index in [1.54, 1.807) is 0 Å². The average Bonchev–Trinajstić information content (AvgIpc) is 2.77. The van der Waals surface area contributed by atoms with Gasteiger partial charge in [0.15, 0.2) is 0 Å². The molecule has 0 spiro atoms. The Morgan fingerprint density at radius 2 is 1.62 bits per heavy atom. The maximum absolute atomic E-state index is 12.7. The third-order valence-electron chi connectivity index (χ3n) is 5.53. The molecule has 2 rings (SSSR count). The lowest BCUT2D eigenvalue weighted by molar-refractivity contribution is -0.132. The average molecular weight is 294 g/mol. The number of carbonyl (C=O) groups is 1. The molecule has 3 heteroatoms. The molecular weight excluding hydrogens is 260 g/mol. The molecule has 1 aliphatic heterocycles. The third kappa shape index (κ3) is 3.80. The van der Waals surface area contributed by atoms with Crippen molar-refractivity contribution in [2.75, 3.05) is 6.54 Å². The van der Waals surface area contributed by atoms with Gasteiger partial charge in [0.25, 0.3) is 0 Å². The SMILES string of the molecule is CCC1CCC(CN2C(=O)C(C(C)C)NC2C(C)C)CC1. The minimum Gasteiger partial charge on any atom is -0.325 e. The molecule has 3 nitrogen and oxygen atoms in total. The predicted octanol–water partition coefficient (Wildman–Crippen LogP) is 3.64. The molecule has 0 aromatic rings. The van der Waals surface area contributed by atoms with Gasteiger partial charge in [0.2, 0.25) is 5.91 Å². The number of hydrogen-bond donors (Lipinski definition) is 1. The summed E-state index contributed by atoms with van der Waals surface area (Å²) in [4.78, 5) is 14.9. The van der Waals surface area contributed by atoms with E-state index in [2.05, 4.69) is 44.8 Å². The summed E-state index contributed by atoms with van der Waals surface area (Å²) in [6.45, 7) is 12.0. The topological polar surface area (TPSA) is 32.3 Å². The number of carbonyl (C=O) groups excluding carboxylic acids is 1. The highest BCUT2D eigenvalue weighted by Crippen LogP contribution is 2.33. The number of amides is 1. The van der Waals surface area contributed by atoms with Crippen molar-refractivity contribution in [2.45, 2.75) is 78.9 Å². The zero-order chi connectivity index (χ0) is 15.6. The second kappa shape index (κ2) is 7.13. The first-order valence-electron chi connectivity index (χ1n) is 9.00. The molecule has 1 saturated carbocycles. The van der Waals surface area contributed by atoms with E-state index in [0.29, 0.717) is 23.7 Å². The van der Waals surface area contributed by atoms with Crippen LogP contribution in [0.4, 0.5) is 0 Å². The molecule has 0 radical (unpaired) electrons. The number of hydrogen-bond acceptors (Lipinski definition) is 2. The summed E-state index contributed by atoms with van der Waals surface area (Å²) >= 11 is 0. The van der Waals surface area contributed by atoms with Crippen molar-refractivity contribution in [2.24, 2.45) is 23.7 Å². The van der Waals surface area contributed by atoms with E-state index in [0.717, 1.165) is 12.5 Å². The first kappa shape index (κ1) is 16.8. The van der Waals surface area contributed by atoms with Crippen LogP contribution in [0.1, 0.15) is 66.7 Å². The highest BCUT2D eigenvalue weighted by Gasteiger charge is 2.42. The van der Waals surface area contributed by atoms with Crippen LogP contribution in [0.15, 0.2) is 0 Å². The van der Waals surface area contributed by atoms with E-state index < -0.39 is 0 Å². The van der Waals surface area contributed by atoms with Crippen LogP contribution in [0.2, 0.25) is 0 Å². The lowest BCUT2D eigenvalue weighted by Gasteiger charge is -2.34. The second-order valence-electron chi connectivity index (χ2n) is 7.86. The summed E-state index contributed by atoms with van der Waals surface area (Å²) in [5, 5.41) is 3.58. The van der Waals surface area contributed by atoms with Gasteiger partial charge in [0.05, 0.1) is 12.2 Å². The maximum Gasteiger partial charge on any atom is 0.241 e. The van der Waals surface area contributed by atoms with Crippen LogP contribution in [0, 0.1) is 23.7 Å². The summed E-state index contributed by atoms with van der Waals surface area (Å²) in [5.41, 5.74) is 0. The van der Waals surface area contributed by atoms with Crippen LogP contribution in [-0.2, 0) is 4.79 Å². The molecule has 0 aromatic heterocycles. The van der Waals surface area contributed by atoms with Crippen molar-refractivity contribution in [1.29, 1.82) is 0 Å². The smallest absolute Gasteiger partial charge is 0.241 e. The van der Waals surface area contributed by atoms with Gasteiger partial charge < -0.3 is 4.90 Å². The molecule has 1 saturated heterocycles. The second-order valence-corrected chi connectivity index (χ2v) is 7.86. The minimum absolute atomic E-state index is 0.0179. The summed E-state index contributed by atoms with van der Waals surface area (Å²) in [6, 6.07) is 0.0179. The van der Waals surface area contributed by atoms with Gasteiger partial charge in [-0.1, -0.05) is 53.9 Å². The predicted molar refractivity (Wildman–Crippen MR) is 87.8 cm³/mol. The van der Waals surface area contributed by atoms with Gasteiger partial charge in [0, 0.05) is 6.54 Å². The lowest BCUT2D eigenvalue weighted by atomic mass is 9.80. The third-order valence-corrected chi connectivity index (χ3v) is 5.53. The minimum atomic E-state index is 0.0179. The summed E-state index contributed by atoms with van der Waals surface area (Å²) < 4.78 is 0. The molecule has 21 heavy (non-hydrogen) atoms. The van der Waals surface area contributed by atoms with Crippen LogP contribution in [0.25, 0.3) is 0 Å². The monoisotopic (exact) mass is 294 g/mol. The van der Waals surface area contributed by atoms with Gasteiger partial charge in [-0.2, -0.15) is 0 Å². The molecule has 2 aliphatic rings. The summed E-state index contributed by atoms with van der Waals surface area (Å²) in [6.07, 6.45) is 6.88. The Bertz CT molecular complexity index is 345. The van der Waals surface area contributed by atoms with Crippen molar-refractivity contribution in [1.82, 2.24) is 10.2 Å². The molecule has 1 amide bonds. The largest absolute Gasteiger partial charge is 0.325 e. The Morgan fingerprint density at radius 1 is 1.05 bits per heavy atom. The van der Waals surface area contributed by atoms with E-state index in [-0.39, 0.29) is 12.2 Å². The fourth-order valence-electron chi connectivity index (χ4n) is 3.99. The van der Waals surface area contributed by atoms with E-state index in [1.807, 2.05) is 0 Å². The number of nitrogens with one attached hydrogen (secondary N) is 1. The molecule has 2 unspecified atom stereocenters. The van der Waals surface area contributed by atoms with Gasteiger partial charge in [0.1, 0.15) is 0 Å².